The Morgan fingerprint density at radius 3 is 2.62 bits per heavy atom. The van der Waals surface area contributed by atoms with Crippen molar-refractivity contribution in [1.82, 2.24) is 5.32 Å². The van der Waals surface area contributed by atoms with E-state index in [1.54, 1.807) is 31.4 Å². The first-order valence-corrected chi connectivity index (χ1v) is 8.53. The van der Waals surface area contributed by atoms with Gasteiger partial charge in [-0.15, -0.1) is 0 Å². The zero-order valence-corrected chi connectivity index (χ0v) is 12.9. The number of benzene rings is 1. The zero-order valence-electron chi connectivity index (χ0n) is 12.0. The van der Waals surface area contributed by atoms with Crippen molar-refractivity contribution in [3.05, 3.63) is 29.8 Å². The van der Waals surface area contributed by atoms with E-state index in [1.807, 2.05) is 0 Å². The van der Waals surface area contributed by atoms with Crippen molar-refractivity contribution in [3.63, 3.8) is 0 Å². The van der Waals surface area contributed by atoms with Crippen molar-refractivity contribution in [2.45, 2.75) is 12.8 Å². The third kappa shape index (κ3) is 3.95. The van der Waals surface area contributed by atoms with E-state index < -0.39 is 10.0 Å². The molecule has 0 bridgehead atoms. The topological polar surface area (TPSA) is 75.7 Å². The van der Waals surface area contributed by atoms with Gasteiger partial charge in [-0.2, -0.15) is 0 Å². The maximum atomic E-state index is 12.0. The van der Waals surface area contributed by atoms with Gasteiger partial charge in [0.15, 0.2) is 0 Å². The Labute approximate surface area is 125 Å². The summed E-state index contributed by atoms with van der Waals surface area (Å²) in [6.07, 6.45) is 1.57. The number of carbonyl (C=O) groups is 1. The summed E-state index contributed by atoms with van der Waals surface area (Å²) in [4.78, 5) is 11.8. The van der Waals surface area contributed by atoms with Crippen LogP contribution >= 0.6 is 0 Å². The number of nitrogens with zero attached hydrogens (tertiary/aromatic N) is 1. The molecule has 1 N–H and O–H groups in total. The van der Waals surface area contributed by atoms with Crippen LogP contribution < -0.4 is 9.62 Å². The Morgan fingerprint density at radius 2 is 2.00 bits per heavy atom. The van der Waals surface area contributed by atoms with Crippen LogP contribution in [0.3, 0.4) is 0 Å². The Bertz CT molecular complexity index is 583. The smallest absolute Gasteiger partial charge is 0.251 e. The second-order valence-corrected chi connectivity index (χ2v) is 6.90. The van der Waals surface area contributed by atoms with E-state index in [9.17, 15) is 13.2 Å². The number of hydrogen-bond acceptors (Lipinski definition) is 4. The van der Waals surface area contributed by atoms with Crippen LogP contribution in [0.1, 0.15) is 23.2 Å². The average molecular weight is 312 g/mol. The van der Waals surface area contributed by atoms with E-state index in [-0.39, 0.29) is 11.7 Å². The van der Waals surface area contributed by atoms with Gasteiger partial charge < -0.3 is 10.1 Å². The molecule has 0 aliphatic carbocycles. The number of rotatable bonds is 5. The van der Waals surface area contributed by atoms with Crippen molar-refractivity contribution >= 4 is 21.6 Å². The molecule has 1 amide bonds. The van der Waals surface area contributed by atoms with Crippen LogP contribution in [0.15, 0.2) is 24.3 Å². The van der Waals surface area contributed by atoms with Gasteiger partial charge in [0.2, 0.25) is 10.0 Å². The maximum absolute atomic E-state index is 12.0. The number of sulfonamides is 1. The van der Waals surface area contributed by atoms with Crippen LogP contribution in [0.5, 0.6) is 0 Å². The minimum Gasteiger partial charge on any atom is -0.383 e. The SMILES string of the molecule is COCCNC(=O)c1ccc(N2CCCCS2(=O)=O)cc1. The highest BCUT2D eigenvalue weighted by atomic mass is 32.2. The fourth-order valence-electron chi connectivity index (χ4n) is 2.23. The normalized spacial score (nSPS) is 17.5. The van der Waals surface area contributed by atoms with Gasteiger partial charge in [0.05, 0.1) is 18.0 Å². The van der Waals surface area contributed by atoms with Crippen LogP contribution in [-0.4, -0.2) is 46.9 Å². The molecule has 7 heteroatoms. The average Bonchev–Trinajstić information content (AvgIpc) is 2.47. The molecule has 1 aromatic carbocycles. The number of anilines is 1. The molecule has 0 radical (unpaired) electrons. The van der Waals surface area contributed by atoms with Crippen molar-refractivity contribution in [2.75, 3.05) is 36.9 Å². The Kier molecular flexibility index (Phi) is 5.19. The summed E-state index contributed by atoms with van der Waals surface area (Å²) in [7, 11) is -1.64. The minimum atomic E-state index is -3.21. The molecule has 21 heavy (non-hydrogen) atoms. The quantitative estimate of drug-likeness (QED) is 0.823. The second-order valence-electron chi connectivity index (χ2n) is 4.89. The van der Waals surface area contributed by atoms with Gasteiger partial charge in [-0.3, -0.25) is 9.10 Å². The van der Waals surface area contributed by atoms with E-state index in [4.69, 9.17) is 4.74 Å². The van der Waals surface area contributed by atoms with Crippen LogP contribution in [-0.2, 0) is 14.8 Å². The largest absolute Gasteiger partial charge is 0.383 e. The molecule has 0 aromatic heterocycles. The third-order valence-corrected chi connectivity index (χ3v) is 5.23. The first-order chi connectivity index (χ1) is 10.0. The summed E-state index contributed by atoms with van der Waals surface area (Å²) in [5.74, 6) is -0.00759. The summed E-state index contributed by atoms with van der Waals surface area (Å²) in [5, 5.41) is 2.72. The Balaban J connectivity index is 2.06. The van der Waals surface area contributed by atoms with E-state index >= 15 is 0 Å². The Morgan fingerprint density at radius 1 is 1.29 bits per heavy atom. The fraction of sp³-hybridized carbons (Fsp3) is 0.500. The maximum Gasteiger partial charge on any atom is 0.251 e. The molecule has 1 aliphatic heterocycles. The van der Waals surface area contributed by atoms with Crippen molar-refractivity contribution < 1.29 is 17.9 Å². The standard InChI is InChI=1S/C14H20N2O4S/c1-20-10-8-15-14(17)12-4-6-13(7-5-12)16-9-2-3-11-21(16,18)19/h4-7H,2-3,8-11H2,1H3,(H,15,17). The molecule has 1 fully saturated rings. The van der Waals surface area contributed by atoms with Gasteiger partial charge in [0.1, 0.15) is 0 Å². The molecule has 1 aliphatic rings. The molecule has 6 nitrogen and oxygen atoms in total. The van der Waals surface area contributed by atoms with E-state index in [0.29, 0.717) is 37.4 Å². The monoisotopic (exact) mass is 312 g/mol. The predicted molar refractivity (Wildman–Crippen MR) is 81.0 cm³/mol. The van der Waals surface area contributed by atoms with E-state index in [1.165, 1.54) is 4.31 Å². The highest BCUT2D eigenvalue weighted by molar-refractivity contribution is 7.92. The van der Waals surface area contributed by atoms with Crippen molar-refractivity contribution in [3.8, 4) is 0 Å². The first kappa shape index (κ1) is 15.8. The highest BCUT2D eigenvalue weighted by Crippen LogP contribution is 2.23. The Hall–Kier alpha value is -1.60. The van der Waals surface area contributed by atoms with Crippen LogP contribution in [0.4, 0.5) is 5.69 Å². The minimum absolute atomic E-state index is 0.187. The van der Waals surface area contributed by atoms with Gasteiger partial charge in [-0.25, -0.2) is 8.42 Å². The van der Waals surface area contributed by atoms with Crippen molar-refractivity contribution in [2.24, 2.45) is 0 Å². The lowest BCUT2D eigenvalue weighted by atomic mass is 10.2. The number of hydrogen-bond donors (Lipinski definition) is 1. The number of amides is 1. The lowest BCUT2D eigenvalue weighted by Gasteiger charge is -2.28. The van der Waals surface area contributed by atoms with E-state index in [2.05, 4.69) is 5.32 Å². The van der Waals surface area contributed by atoms with Crippen LogP contribution in [0.2, 0.25) is 0 Å². The zero-order chi connectivity index (χ0) is 15.3. The molecule has 0 atom stereocenters. The molecule has 116 valence electrons. The number of nitrogens with one attached hydrogen (secondary N) is 1. The summed E-state index contributed by atoms with van der Waals surface area (Å²) in [6, 6.07) is 6.63. The molecular weight excluding hydrogens is 292 g/mol. The molecule has 1 saturated heterocycles. The third-order valence-electron chi connectivity index (χ3n) is 3.36. The molecule has 2 rings (SSSR count). The highest BCUT2D eigenvalue weighted by Gasteiger charge is 2.25. The van der Waals surface area contributed by atoms with Gasteiger partial charge >= 0.3 is 0 Å². The van der Waals surface area contributed by atoms with E-state index in [0.717, 1.165) is 6.42 Å². The number of methoxy groups -OCH3 is 1. The summed E-state index contributed by atoms with van der Waals surface area (Å²) >= 11 is 0. The van der Waals surface area contributed by atoms with Crippen molar-refractivity contribution in [1.29, 1.82) is 0 Å². The lowest BCUT2D eigenvalue weighted by molar-refractivity contribution is 0.0937. The van der Waals surface area contributed by atoms with Crippen LogP contribution in [0.25, 0.3) is 0 Å². The number of carbonyl (C=O) groups excluding carboxylic acids is 1. The van der Waals surface area contributed by atoms with Crippen LogP contribution in [0, 0.1) is 0 Å². The predicted octanol–water partition coefficient (Wildman–Crippen LogP) is 0.993. The molecule has 0 spiro atoms. The summed E-state index contributed by atoms with van der Waals surface area (Å²) in [5.41, 5.74) is 1.12. The summed E-state index contributed by atoms with van der Waals surface area (Å²) < 4.78 is 30.3. The fourth-order valence-corrected chi connectivity index (χ4v) is 3.87. The molecule has 0 unspecified atom stereocenters. The van der Waals surface area contributed by atoms with Gasteiger partial charge in [0.25, 0.3) is 5.91 Å². The summed E-state index contributed by atoms with van der Waals surface area (Å²) in [6.45, 7) is 1.40. The molecule has 0 saturated carbocycles. The number of ether oxygens (including phenoxy) is 1. The van der Waals surface area contributed by atoms with Gasteiger partial charge in [-0.1, -0.05) is 0 Å². The van der Waals surface area contributed by atoms with Gasteiger partial charge in [-0.05, 0) is 37.1 Å². The molecule has 1 heterocycles. The lowest BCUT2D eigenvalue weighted by Crippen LogP contribution is -2.37. The molecule has 1 aromatic rings. The second kappa shape index (κ2) is 6.91. The first-order valence-electron chi connectivity index (χ1n) is 6.92. The van der Waals surface area contributed by atoms with Gasteiger partial charge in [0, 0.05) is 25.8 Å². The molecular formula is C14H20N2O4S.